The number of rotatable bonds is 21. The van der Waals surface area contributed by atoms with Gasteiger partial charge in [-0.3, -0.25) is 0 Å². The molecule has 0 heterocycles. The van der Waals surface area contributed by atoms with Crippen LogP contribution >= 0.6 is 0 Å². The normalized spacial score (nSPS) is 12.2. The van der Waals surface area contributed by atoms with Crippen LogP contribution in [0, 0.1) is 0 Å². The molecule has 4 nitrogen and oxygen atoms in total. The lowest BCUT2D eigenvalue weighted by Crippen LogP contribution is -3.00. The lowest BCUT2D eigenvalue weighted by atomic mass is 10.0. The van der Waals surface area contributed by atoms with Crippen molar-refractivity contribution in [3.8, 4) is 0 Å². The molecule has 6 heteroatoms. The Morgan fingerprint density at radius 3 is 1.21 bits per heavy atom. The highest BCUT2D eigenvalue weighted by molar-refractivity contribution is 6.56. The second-order valence-corrected chi connectivity index (χ2v) is 10.9. The highest BCUT2D eigenvalue weighted by Crippen LogP contribution is 2.16. The Bertz CT molecular complexity index is 337. The Labute approximate surface area is 189 Å². The molecule has 0 rings (SSSR count). The first kappa shape index (κ1) is 31.5. The highest BCUT2D eigenvalue weighted by atomic mass is 35.5. The minimum Gasteiger partial charge on any atom is -1.00 e. The van der Waals surface area contributed by atoms with Crippen LogP contribution in [0.25, 0.3) is 0 Å². The van der Waals surface area contributed by atoms with Gasteiger partial charge in [0.05, 0.1) is 26.2 Å². The molecule has 0 amide bonds. The van der Waals surface area contributed by atoms with Gasteiger partial charge >= 0.3 is 8.80 Å². The van der Waals surface area contributed by atoms with Crippen molar-refractivity contribution >= 4 is 8.80 Å². The number of quaternary nitrogens is 1. The van der Waals surface area contributed by atoms with E-state index in [-0.39, 0.29) is 18.5 Å². The Balaban J connectivity index is 0. The lowest BCUT2D eigenvalue weighted by molar-refractivity contribution is -0.925. The average molecular weight is 454 g/mol. The van der Waals surface area contributed by atoms with E-state index in [1.807, 2.05) is 0 Å². The minimum atomic E-state index is -3.87. The van der Waals surface area contributed by atoms with Crippen LogP contribution in [-0.4, -0.2) is 53.9 Å². The SMILES string of the molecule is CCCCCCCCCCCCCCCC[N+](CC)(CC)CCC[Si](O)(O)O.[Cl-]. The molecule has 0 aliphatic heterocycles. The standard InChI is InChI=1S/C23H52NO3Si.ClH/c1-4-7-8-9-10-11-12-13-14-15-16-17-18-19-21-24(5-2,6-3)22-20-23-28(25,26)27;/h25-27H,4-23H2,1-3H3;1H/q+1;/p-1. The largest absolute Gasteiger partial charge is 1.00 e. The predicted molar refractivity (Wildman–Crippen MR) is 123 cm³/mol. The van der Waals surface area contributed by atoms with Crippen LogP contribution in [-0.2, 0) is 0 Å². The van der Waals surface area contributed by atoms with Gasteiger partial charge in [0, 0.05) is 12.5 Å². The Kier molecular flexibility index (Phi) is 22.0. The fraction of sp³-hybridized carbons (Fsp3) is 1.00. The maximum Gasteiger partial charge on any atom is 0.492 e. The third-order valence-electron chi connectivity index (χ3n) is 6.47. The molecule has 0 atom stereocenters. The minimum absolute atomic E-state index is 0. The van der Waals surface area contributed by atoms with Gasteiger partial charge in [-0.2, -0.15) is 0 Å². The summed E-state index contributed by atoms with van der Waals surface area (Å²) in [4.78, 5) is 27.6. The van der Waals surface area contributed by atoms with Crippen molar-refractivity contribution < 1.29 is 31.3 Å². The van der Waals surface area contributed by atoms with E-state index in [1.54, 1.807) is 0 Å². The van der Waals surface area contributed by atoms with Gasteiger partial charge in [0.2, 0.25) is 0 Å². The molecule has 0 aromatic rings. The van der Waals surface area contributed by atoms with E-state index in [9.17, 15) is 14.4 Å². The fourth-order valence-electron chi connectivity index (χ4n) is 4.26. The highest BCUT2D eigenvalue weighted by Gasteiger charge is 2.29. The van der Waals surface area contributed by atoms with Crippen LogP contribution in [0.4, 0.5) is 0 Å². The molecule has 0 aromatic heterocycles. The summed E-state index contributed by atoms with van der Waals surface area (Å²) in [7, 11) is -3.87. The average Bonchev–Trinajstić information content (AvgIpc) is 2.66. The molecule has 178 valence electrons. The van der Waals surface area contributed by atoms with E-state index in [1.165, 1.54) is 96.4 Å². The van der Waals surface area contributed by atoms with Crippen LogP contribution in [0.15, 0.2) is 0 Å². The number of hydrogen-bond acceptors (Lipinski definition) is 3. The molecule has 0 radical (unpaired) electrons. The summed E-state index contributed by atoms with van der Waals surface area (Å²) >= 11 is 0. The molecule has 0 aliphatic rings. The summed E-state index contributed by atoms with van der Waals surface area (Å²) in [6.45, 7) is 11.0. The van der Waals surface area contributed by atoms with E-state index >= 15 is 0 Å². The molecule has 29 heavy (non-hydrogen) atoms. The first-order valence-electron chi connectivity index (χ1n) is 12.4. The Morgan fingerprint density at radius 2 is 0.862 bits per heavy atom. The number of halogens is 1. The second kappa shape index (κ2) is 20.3. The molecule has 0 aliphatic carbocycles. The van der Waals surface area contributed by atoms with Crippen LogP contribution < -0.4 is 12.4 Å². The van der Waals surface area contributed by atoms with Gasteiger partial charge < -0.3 is 31.3 Å². The molecule has 0 unspecified atom stereocenters. The van der Waals surface area contributed by atoms with Crippen molar-refractivity contribution in [3.63, 3.8) is 0 Å². The number of unbranched alkanes of at least 4 members (excludes halogenated alkanes) is 13. The van der Waals surface area contributed by atoms with Crippen molar-refractivity contribution in [1.82, 2.24) is 0 Å². The van der Waals surface area contributed by atoms with Gasteiger partial charge in [-0.15, -0.1) is 0 Å². The molecule has 0 aromatic carbocycles. The van der Waals surface area contributed by atoms with Gasteiger partial charge in [-0.25, -0.2) is 0 Å². The summed E-state index contributed by atoms with van der Waals surface area (Å²) in [5.41, 5.74) is 0. The van der Waals surface area contributed by atoms with Crippen molar-refractivity contribution in [2.45, 2.75) is 123 Å². The zero-order chi connectivity index (χ0) is 21.1. The van der Waals surface area contributed by atoms with Crippen LogP contribution in [0.2, 0.25) is 6.04 Å². The van der Waals surface area contributed by atoms with E-state index in [0.29, 0.717) is 6.42 Å². The molecular weight excluding hydrogens is 402 g/mol. The predicted octanol–water partition coefficient (Wildman–Crippen LogP) is 2.63. The summed E-state index contributed by atoms with van der Waals surface area (Å²) in [5.74, 6) is 0. The van der Waals surface area contributed by atoms with Crippen molar-refractivity contribution in [1.29, 1.82) is 0 Å². The zero-order valence-corrected chi connectivity index (χ0v) is 21.6. The first-order valence-corrected chi connectivity index (χ1v) is 14.5. The quantitative estimate of drug-likeness (QED) is 0.142. The zero-order valence-electron chi connectivity index (χ0n) is 19.8. The molecular formula is C23H52ClNO3Si. The molecule has 0 saturated heterocycles. The van der Waals surface area contributed by atoms with E-state index in [2.05, 4.69) is 20.8 Å². The topological polar surface area (TPSA) is 60.7 Å². The van der Waals surface area contributed by atoms with Crippen LogP contribution in [0.1, 0.15) is 117 Å². The van der Waals surface area contributed by atoms with Crippen molar-refractivity contribution in [3.05, 3.63) is 0 Å². The van der Waals surface area contributed by atoms with Gasteiger partial charge in [0.15, 0.2) is 0 Å². The van der Waals surface area contributed by atoms with Crippen molar-refractivity contribution in [2.75, 3.05) is 26.2 Å². The van der Waals surface area contributed by atoms with E-state index in [4.69, 9.17) is 0 Å². The lowest BCUT2D eigenvalue weighted by Gasteiger charge is -2.37. The summed E-state index contributed by atoms with van der Waals surface area (Å²) in [5, 5.41) is 0. The maximum atomic E-state index is 9.21. The van der Waals surface area contributed by atoms with Crippen LogP contribution in [0.3, 0.4) is 0 Å². The van der Waals surface area contributed by atoms with E-state index in [0.717, 1.165) is 24.1 Å². The monoisotopic (exact) mass is 453 g/mol. The van der Waals surface area contributed by atoms with Crippen molar-refractivity contribution in [2.24, 2.45) is 0 Å². The first-order chi connectivity index (χ1) is 13.4. The second-order valence-electron chi connectivity index (χ2n) is 8.90. The third-order valence-corrected chi connectivity index (χ3v) is 7.50. The Hall–Kier alpha value is 0.347. The van der Waals surface area contributed by atoms with Gasteiger partial charge in [0.25, 0.3) is 0 Å². The summed E-state index contributed by atoms with van der Waals surface area (Å²) < 4.78 is 1.04. The van der Waals surface area contributed by atoms with Gasteiger partial charge in [-0.05, 0) is 26.7 Å². The molecule has 0 spiro atoms. The fourth-order valence-corrected chi connectivity index (χ4v) is 4.89. The smallest absolute Gasteiger partial charge is 0.492 e. The van der Waals surface area contributed by atoms with Crippen LogP contribution in [0.5, 0.6) is 0 Å². The summed E-state index contributed by atoms with van der Waals surface area (Å²) in [6, 6.07) is 0.172. The van der Waals surface area contributed by atoms with E-state index < -0.39 is 8.80 Å². The number of nitrogens with zero attached hydrogens (tertiary/aromatic N) is 1. The summed E-state index contributed by atoms with van der Waals surface area (Å²) in [6.07, 6.45) is 20.2. The maximum absolute atomic E-state index is 9.21. The number of hydrogen-bond donors (Lipinski definition) is 3. The van der Waals surface area contributed by atoms with Gasteiger partial charge in [0.1, 0.15) is 0 Å². The molecule has 3 N–H and O–H groups in total. The Morgan fingerprint density at radius 1 is 0.517 bits per heavy atom. The molecule has 0 fully saturated rings. The molecule has 0 saturated carbocycles. The molecule has 0 bridgehead atoms. The third kappa shape index (κ3) is 20.0. The van der Waals surface area contributed by atoms with Gasteiger partial charge in [-0.1, -0.05) is 84.0 Å².